The van der Waals surface area contributed by atoms with Crippen LogP contribution in [0, 0.1) is 11.6 Å². The maximum Gasteiger partial charge on any atom is 0.260 e. The zero-order valence-corrected chi connectivity index (χ0v) is 16.3. The fourth-order valence-electron chi connectivity index (χ4n) is 3.94. The van der Waals surface area contributed by atoms with Crippen LogP contribution in [0.3, 0.4) is 0 Å². The highest BCUT2D eigenvalue weighted by molar-refractivity contribution is 5.98. The predicted octanol–water partition coefficient (Wildman–Crippen LogP) is 4.37. The minimum absolute atomic E-state index is 0.0220. The van der Waals surface area contributed by atoms with Gasteiger partial charge in [0.1, 0.15) is 22.9 Å². The molecular weight excluding hydrogens is 374 g/mol. The number of amides is 1. The third kappa shape index (κ3) is 4.32. The number of benzene rings is 2. The number of hydrogen-bond donors (Lipinski definition) is 1. The minimum Gasteiger partial charge on any atom is -0.470 e. The summed E-state index contributed by atoms with van der Waals surface area (Å²) in [5.41, 5.74) is 2.30. The number of nitrogens with one attached hydrogen (secondary N) is 1. The molecule has 2 aromatic rings. The van der Waals surface area contributed by atoms with Crippen LogP contribution >= 0.6 is 0 Å². The lowest BCUT2D eigenvalue weighted by molar-refractivity contribution is 0.0703. The molecule has 2 atom stereocenters. The Bertz CT molecular complexity index is 927. The van der Waals surface area contributed by atoms with Gasteiger partial charge in [-0.25, -0.2) is 8.78 Å². The van der Waals surface area contributed by atoms with Gasteiger partial charge in [-0.2, -0.15) is 0 Å². The molecule has 2 unspecified atom stereocenters. The van der Waals surface area contributed by atoms with Gasteiger partial charge < -0.3 is 10.1 Å². The summed E-state index contributed by atoms with van der Waals surface area (Å²) < 4.78 is 32.7. The summed E-state index contributed by atoms with van der Waals surface area (Å²) in [6.45, 7) is 3.92. The Kier molecular flexibility index (Phi) is 5.62. The van der Waals surface area contributed by atoms with Crippen LogP contribution in [0.2, 0.25) is 0 Å². The molecule has 0 aliphatic carbocycles. The van der Waals surface area contributed by atoms with Crippen molar-refractivity contribution >= 4 is 11.5 Å². The molecule has 4 nitrogen and oxygen atoms in total. The average molecular weight is 398 g/mol. The maximum absolute atomic E-state index is 13.8. The van der Waals surface area contributed by atoms with Gasteiger partial charge >= 0.3 is 0 Å². The zero-order chi connectivity index (χ0) is 20.4. The number of nitrogens with zero attached hydrogens (tertiary/aromatic N) is 1. The quantitative estimate of drug-likeness (QED) is 0.813. The molecule has 1 N–H and O–H groups in total. The van der Waals surface area contributed by atoms with Crippen LogP contribution < -0.4 is 10.1 Å². The van der Waals surface area contributed by atoms with E-state index in [0.717, 1.165) is 31.5 Å². The third-order valence-electron chi connectivity index (χ3n) is 5.69. The lowest BCUT2D eigenvalue weighted by atomic mass is 9.98. The second kappa shape index (κ2) is 8.33. The van der Waals surface area contributed by atoms with Gasteiger partial charge in [0.25, 0.3) is 5.91 Å². The van der Waals surface area contributed by atoms with Crippen molar-refractivity contribution in [2.24, 2.45) is 0 Å². The van der Waals surface area contributed by atoms with Gasteiger partial charge in [0.05, 0.1) is 0 Å². The van der Waals surface area contributed by atoms with E-state index in [0.29, 0.717) is 18.2 Å². The summed E-state index contributed by atoms with van der Waals surface area (Å²) in [4.78, 5) is 14.6. The van der Waals surface area contributed by atoms with Crippen LogP contribution in [0.1, 0.15) is 42.1 Å². The third-order valence-corrected chi connectivity index (χ3v) is 5.69. The van der Waals surface area contributed by atoms with Crippen molar-refractivity contribution < 1.29 is 18.3 Å². The molecule has 2 aliphatic rings. The molecule has 6 heteroatoms. The smallest absolute Gasteiger partial charge is 0.260 e. The SMILES string of the molecule is CC(CCC1NC(=O)c2c(F)cccc2O1)N1CC=C(c2ccc(F)cc2)CC1. The van der Waals surface area contributed by atoms with E-state index in [-0.39, 0.29) is 11.4 Å². The van der Waals surface area contributed by atoms with Gasteiger partial charge in [-0.15, -0.1) is 0 Å². The molecule has 2 aliphatic heterocycles. The lowest BCUT2D eigenvalue weighted by Gasteiger charge is -2.33. The molecule has 2 aromatic carbocycles. The molecule has 0 bridgehead atoms. The number of fused-ring (bicyclic) bond motifs is 1. The van der Waals surface area contributed by atoms with Crippen molar-refractivity contribution in [3.63, 3.8) is 0 Å². The summed E-state index contributed by atoms with van der Waals surface area (Å²) in [6, 6.07) is 11.4. The summed E-state index contributed by atoms with van der Waals surface area (Å²) in [5, 5.41) is 2.74. The number of carbonyl (C=O) groups excluding carboxylic acids is 1. The first-order chi connectivity index (χ1) is 14.0. The van der Waals surface area contributed by atoms with Crippen molar-refractivity contribution in [2.45, 2.75) is 38.5 Å². The van der Waals surface area contributed by atoms with Crippen LogP contribution in [-0.4, -0.2) is 36.2 Å². The van der Waals surface area contributed by atoms with Gasteiger partial charge in [-0.05, 0) is 55.2 Å². The minimum atomic E-state index is -0.566. The Morgan fingerprint density at radius 2 is 2.00 bits per heavy atom. The van der Waals surface area contributed by atoms with E-state index in [2.05, 4.69) is 23.2 Å². The van der Waals surface area contributed by atoms with Crippen LogP contribution in [0.4, 0.5) is 8.78 Å². The van der Waals surface area contributed by atoms with E-state index >= 15 is 0 Å². The molecule has 0 radical (unpaired) electrons. The first kappa shape index (κ1) is 19.6. The molecule has 2 heterocycles. The number of ether oxygens (including phenoxy) is 1. The molecule has 1 amide bonds. The Labute approximate surface area is 169 Å². The Hall–Kier alpha value is -2.73. The molecule has 0 spiro atoms. The van der Waals surface area contributed by atoms with E-state index in [9.17, 15) is 13.6 Å². The van der Waals surface area contributed by atoms with E-state index < -0.39 is 18.0 Å². The summed E-state index contributed by atoms with van der Waals surface area (Å²) in [7, 11) is 0. The number of carbonyl (C=O) groups is 1. The summed E-state index contributed by atoms with van der Waals surface area (Å²) >= 11 is 0. The van der Waals surface area contributed by atoms with E-state index in [1.807, 2.05) is 12.1 Å². The molecule has 0 saturated carbocycles. The van der Waals surface area contributed by atoms with Gasteiger partial charge in [0.2, 0.25) is 0 Å². The van der Waals surface area contributed by atoms with Crippen molar-refractivity contribution in [3.8, 4) is 5.75 Å². The summed E-state index contributed by atoms with van der Waals surface area (Å²) in [5.74, 6) is -0.908. The second-order valence-electron chi connectivity index (χ2n) is 7.60. The standard InChI is InChI=1S/C23H24F2N2O2/c1-15(27-13-11-17(12-14-27)16-6-8-18(24)9-7-16)5-10-21-26-23(28)22-19(25)3-2-4-20(22)29-21/h2-4,6-9,11,15,21H,5,10,12-14H2,1H3,(H,26,28). The van der Waals surface area contributed by atoms with Gasteiger partial charge in [-0.3, -0.25) is 9.69 Å². The first-order valence-electron chi connectivity index (χ1n) is 9.96. The van der Waals surface area contributed by atoms with Crippen LogP contribution in [0.25, 0.3) is 5.57 Å². The normalized spacial score (nSPS) is 20.3. The largest absolute Gasteiger partial charge is 0.470 e. The fraction of sp³-hybridized carbons (Fsp3) is 0.348. The first-order valence-corrected chi connectivity index (χ1v) is 9.96. The molecule has 152 valence electrons. The van der Waals surface area contributed by atoms with Crippen LogP contribution in [0.5, 0.6) is 5.75 Å². The monoisotopic (exact) mass is 398 g/mol. The molecule has 0 fully saturated rings. The molecule has 0 saturated heterocycles. The van der Waals surface area contributed by atoms with E-state index in [4.69, 9.17) is 4.74 Å². The zero-order valence-electron chi connectivity index (χ0n) is 16.3. The summed E-state index contributed by atoms with van der Waals surface area (Å²) in [6.07, 6.45) is 4.16. The molecule has 4 rings (SSSR count). The van der Waals surface area contributed by atoms with Crippen LogP contribution in [-0.2, 0) is 0 Å². The molecular formula is C23H24F2N2O2. The van der Waals surface area contributed by atoms with Crippen molar-refractivity contribution in [1.82, 2.24) is 10.2 Å². The average Bonchev–Trinajstić information content (AvgIpc) is 2.72. The number of halogens is 2. The highest BCUT2D eigenvalue weighted by Crippen LogP contribution is 2.28. The van der Waals surface area contributed by atoms with Crippen LogP contribution in [0.15, 0.2) is 48.5 Å². The van der Waals surface area contributed by atoms with E-state index in [1.165, 1.54) is 23.8 Å². The van der Waals surface area contributed by atoms with Crippen molar-refractivity contribution in [1.29, 1.82) is 0 Å². The number of hydrogen-bond acceptors (Lipinski definition) is 3. The fourth-order valence-corrected chi connectivity index (χ4v) is 3.94. The van der Waals surface area contributed by atoms with Crippen molar-refractivity contribution in [3.05, 3.63) is 71.3 Å². The van der Waals surface area contributed by atoms with Gasteiger partial charge in [0.15, 0.2) is 6.23 Å². The lowest BCUT2D eigenvalue weighted by Crippen LogP contribution is -2.45. The Morgan fingerprint density at radius 3 is 2.72 bits per heavy atom. The second-order valence-corrected chi connectivity index (χ2v) is 7.60. The highest BCUT2D eigenvalue weighted by atomic mass is 19.1. The Balaban J connectivity index is 1.31. The van der Waals surface area contributed by atoms with E-state index in [1.54, 1.807) is 12.1 Å². The number of rotatable bonds is 5. The highest BCUT2D eigenvalue weighted by Gasteiger charge is 2.29. The molecule has 0 aromatic heterocycles. The van der Waals surface area contributed by atoms with Crippen molar-refractivity contribution in [2.75, 3.05) is 13.1 Å². The Morgan fingerprint density at radius 1 is 1.21 bits per heavy atom. The molecule has 29 heavy (non-hydrogen) atoms. The topological polar surface area (TPSA) is 41.6 Å². The van der Waals surface area contributed by atoms with Gasteiger partial charge in [0, 0.05) is 25.6 Å². The van der Waals surface area contributed by atoms with Gasteiger partial charge in [-0.1, -0.05) is 24.3 Å². The maximum atomic E-state index is 13.8. The predicted molar refractivity (Wildman–Crippen MR) is 108 cm³/mol.